The number of amides is 2. The molecule has 2 aromatic carbocycles. The van der Waals surface area contributed by atoms with Gasteiger partial charge in [-0.3, -0.25) is 5.32 Å². The van der Waals surface area contributed by atoms with Crippen molar-refractivity contribution in [1.29, 1.82) is 0 Å². The van der Waals surface area contributed by atoms with Gasteiger partial charge in [0, 0.05) is 23.6 Å². The van der Waals surface area contributed by atoms with Crippen molar-refractivity contribution in [2.45, 2.75) is 18.3 Å². The van der Waals surface area contributed by atoms with Gasteiger partial charge in [0.15, 0.2) is 11.0 Å². The smallest absolute Gasteiger partial charge is 0.370 e. The van der Waals surface area contributed by atoms with Crippen molar-refractivity contribution in [2.24, 2.45) is 0 Å². The molecule has 0 spiro atoms. The Kier molecular flexibility index (Phi) is 6.06. The van der Waals surface area contributed by atoms with Gasteiger partial charge in [0.05, 0.1) is 16.8 Å². The van der Waals surface area contributed by atoms with Gasteiger partial charge in [0.25, 0.3) is 0 Å². The molecule has 2 heterocycles. The van der Waals surface area contributed by atoms with Crippen molar-refractivity contribution in [3.8, 4) is 0 Å². The van der Waals surface area contributed by atoms with Crippen LogP contribution >= 0.6 is 11.3 Å². The Hall–Kier alpha value is -3.84. The second kappa shape index (κ2) is 8.83. The second-order valence-corrected chi connectivity index (χ2v) is 8.10. The van der Waals surface area contributed by atoms with E-state index < -0.39 is 41.6 Å². The monoisotopic (exact) mass is 493 g/mol. The number of hydrogen-bond acceptors (Lipinski definition) is 6. The fraction of sp³-hybridized carbons (Fsp3) is 0.143. The van der Waals surface area contributed by atoms with Crippen molar-refractivity contribution >= 4 is 44.7 Å². The summed E-state index contributed by atoms with van der Waals surface area (Å²) < 4.78 is 56.4. The number of aliphatic hydroxyl groups is 1. The number of carbonyl (C=O) groups excluding carboxylic acids is 2. The maximum atomic E-state index is 14.1. The number of carbonyl (C=O) groups is 2. The van der Waals surface area contributed by atoms with E-state index in [1.165, 1.54) is 18.2 Å². The first-order valence-electron chi connectivity index (χ1n) is 9.61. The standard InChI is InChI=1S/C21H15F4N5O3S/c22-13-2-4-14(5-3-13)27-18(32)29-19-28-15-6-1-12(11-16(15)34-19)20(33,21(23,24)25)17-26-7-8-30(17)9-10-31/h1-8,10-11,33H,9H2,(H2,27,28,29,32). The van der Waals surface area contributed by atoms with E-state index in [1.54, 1.807) is 0 Å². The lowest BCUT2D eigenvalue weighted by Gasteiger charge is -2.30. The summed E-state index contributed by atoms with van der Waals surface area (Å²) in [7, 11) is 0. The van der Waals surface area contributed by atoms with Crippen LogP contribution in [0.25, 0.3) is 10.2 Å². The van der Waals surface area contributed by atoms with E-state index >= 15 is 0 Å². The zero-order chi connectivity index (χ0) is 24.5. The van der Waals surface area contributed by atoms with Gasteiger partial charge in [-0.05, 0) is 36.4 Å². The molecular weight excluding hydrogens is 478 g/mol. The molecule has 4 aromatic rings. The van der Waals surface area contributed by atoms with Crippen LogP contribution in [0.5, 0.6) is 0 Å². The van der Waals surface area contributed by atoms with Crippen LogP contribution in [0.3, 0.4) is 0 Å². The molecule has 0 bridgehead atoms. The number of halogens is 4. The van der Waals surface area contributed by atoms with Gasteiger partial charge in [-0.1, -0.05) is 17.4 Å². The number of nitrogens with zero attached hydrogens (tertiary/aromatic N) is 3. The number of nitrogens with one attached hydrogen (secondary N) is 2. The van der Waals surface area contributed by atoms with Gasteiger partial charge in [0.1, 0.15) is 12.1 Å². The van der Waals surface area contributed by atoms with Gasteiger partial charge < -0.3 is 19.8 Å². The maximum Gasteiger partial charge on any atom is 0.428 e. The molecular formula is C21H15F4N5O3S. The molecule has 13 heteroatoms. The van der Waals surface area contributed by atoms with E-state index in [2.05, 4.69) is 20.6 Å². The first-order chi connectivity index (χ1) is 16.1. The van der Waals surface area contributed by atoms with Crippen LogP contribution in [0, 0.1) is 5.82 Å². The third-order valence-electron chi connectivity index (χ3n) is 4.85. The predicted octanol–water partition coefficient (Wildman–Crippen LogP) is 4.27. The Balaban J connectivity index is 1.64. The molecule has 0 radical (unpaired) electrons. The molecule has 0 fully saturated rings. The lowest BCUT2D eigenvalue weighted by Crippen LogP contribution is -2.45. The molecule has 1 unspecified atom stereocenters. The molecule has 2 aromatic heterocycles. The van der Waals surface area contributed by atoms with Crippen LogP contribution in [0.4, 0.5) is 33.2 Å². The summed E-state index contributed by atoms with van der Waals surface area (Å²) in [5.41, 5.74) is -3.42. The van der Waals surface area contributed by atoms with E-state index in [9.17, 15) is 32.3 Å². The zero-order valence-corrected chi connectivity index (χ0v) is 17.8. The SMILES string of the molecule is O=CCn1ccnc1C(O)(c1ccc2nc(NC(=O)Nc3ccc(F)cc3)sc2c1)C(F)(F)F. The molecule has 4 rings (SSSR count). The summed E-state index contributed by atoms with van der Waals surface area (Å²) >= 11 is 0.886. The summed E-state index contributed by atoms with van der Waals surface area (Å²) in [5.74, 6) is -1.23. The number of anilines is 2. The lowest BCUT2D eigenvalue weighted by molar-refractivity contribution is -0.252. The quantitative estimate of drug-likeness (QED) is 0.275. The third kappa shape index (κ3) is 4.34. The molecule has 0 aliphatic carbocycles. The van der Waals surface area contributed by atoms with Crippen molar-refractivity contribution in [3.05, 3.63) is 72.1 Å². The van der Waals surface area contributed by atoms with E-state index in [0.29, 0.717) is 12.0 Å². The predicted molar refractivity (Wildman–Crippen MR) is 116 cm³/mol. The molecule has 176 valence electrons. The van der Waals surface area contributed by atoms with Gasteiger partial charge >= 0.3 is 12.2 Å². The summed E-state index contributed by atoms with van der Waals surface area (Å²) in [4.78, 5) is 30.9. The molecule has 8 nitrogen and oxygen atoms in total. The lowest BCUT2D eigenvalue weighted by atomic mass is 9.91. The Bertz CT molecular complexity index is 1350. The Morgan fingerprint density at radius 2 is 1.88 bits per heavy atom. The Labute approximate surface area is 192 Å². The molecule has 0 aliphatic heterocycles. The Morgan fingerprint density at radius 1 is 1.15 bits per heavy atom. The number of benzene rings is 2. The first kappa shape index (κ1) is 23.3. The first-order valence-corrected chi connectivity index (χ1v) is 10.4. The highest BCUT2D eigenvalue weighted by Gasteiger charge is 2.59. The average molecular weight is 493 g/mol. The average Bonchev–Trinajstić information content (AvgIpc) is 3.40. The van der Waals surface area contributed by atoms with Crippen molar-refractivity contribution in [3.63, 3.8) is 0 Å². The summed E-state index contributed by atoms with van der Waals surface area (Å²) in [5, 5.41) is 15.9. The van der Waals surface area contributed by atoms with Crippen LogP contribution in [0.15, 0.2) is 54.9 Å². The van der Waals surface area contributed by atoms with E-state index in [0.717, 1.165) is 52.6 Å². The minimum Gasteiger partial charge on any atom is -0.370 e. The summed E-state index contributed by atoms with van der Waals surface area (Å²) in [6, 6.07) is 7.77. The second-order valence-electron chi connectivity index (χ2n) is 7.07. The van der Waals surface area contributed by atoms with E-state index in [1.807, 2.05) is 0 Å². The number of imidazole rings is 1. The summed E-state index contributed by atoms with van der Waals surface area (Å²) in [6.45, 7) is -0.423. The third-order valence-corrected chi connectivity index (χ3v) is 5.78. The maximum absolute atomic E-state index is 14.1. The number of fused-ring (bicyclic) bond motifs is 1. The minimum absolute atomic E-state index is 0.0877. The van der Waals surface area contributed by atoms with Crippen LogP contribution in [0.2, 0.25) is 0 Å². The largest absolute Gasteiger partial charge is 0.428 e. The summed E-state index contributed by atoms with van der Waals surface area (Å²) in [6.07, 6.45) is -2.55. The van der Waals surface area contributed by atoms with Crippen LogP contribution in [0.1, 0.15) is 11.4 Å². The molecule has 0 aliphatic rings. The molecule has 2 amide bonds. The zero-order valence-electron chi connectivity index (χ0n) is 17.0. The Morgan fingerprint density at radius 3 is 2.56 bits per heavy atom. The number of thiazole rings is 1. The van der Waals surface area contributed by atoms with E-state index in [4.69, 9.17) is 0 Å². The number of urea groups is 1. The van der Waals surface area contributed by atoms with Gasteiger partial charge in [-0.2, -0.15) is 13.2 Å². The van der Waals surface area contributed by atoms with Crippen LogP contribution < -0.4 is 10.6 Å². The highest BCUT2D eigenvalue weighted by molar-refractivity contribution is 7.22. The number of aromatic nitrogens is 3. The number of alkyl halides is 3. The van der Waals surface area contributed by atoms with Gasteiger partial charge in [0.2, 0.25) is 5.60 Å². The molecule has 3 N–H and O–H groups in total. The van der Waals surface area contributed by atoms with Crippen LogP contribution in [-0.4, -0.2) is 38.1 Å². The topological polar surface area (TPSA) is 109 Å². The molecule has 0 saturated carbocycles. The number of rotatable bonds is 6. The van der Waals surface area contributed by atoms with Crippen molar-refractivity contribution in [1.82, 2.24) is 14.5 Å². The number of aldehydes is 1. The fourth-order valence-corrected chi connectivity index (χ4v) is 4.17. The van der Waals surface area contributed by atoms with Crippen molar-refractivity contribution < 1.29 is 32.3 Å². The minimum atomic E-state index is -5.16. The highest BCUT2D eigenvalue weighted by Crippen LogP contribution is 2.44. The molecule has 34 heavy (non-hydrogen) atoms. The highest BCUT2D eigenvalue weighted by atomic mass is 32.1. The molecule has 0 saturated heterocycles. The van der Waals surface area contributed by atoms with Crippen molar-refractivity contribution in [2.75, 3.05) is 10.6 Å². The fourth-order valence-electron chi connectivity index (χ4n) is 3.27. The number of hydrogen-bond donors (Lipinski definition) is 3. The molecule has 1 atom stereocenters. The van der Waals surface area contributed by atoms with E-state index in [-0.39, 0.29) is 15.3 Å². The van der Waals surface area contributed by atoms with Crippen LogP contribution in [-0.2, 0) is 16.9 Å². The van der Waals surface area contributed by atoms with Gasteiger partial charge in [-0.25, -0.2) is 19.2 Å². The van der Waals surface area contributed by atoms with Gasteiger partial charge in [-0.15, -0.1) is 0 Å². The normalized spacial score (nSPS) is 13.4.